The van der Waals surface area contributed by atoms with Crippen molar-refractivity contribution in [3.8, 4) is 5.75 Å². The molecule has 0 unspecified atom stereocenters. The van der Waals surface area contributed by atoms with Gasteiger partial charge >= 0.3 is 6.03 Å². The number of rotatable bonds is 6. The molecule has 2 aromatic rings. The molecule has 3 aliphatic rings. The topological polar surface area (TPSA) is 94.2 Å². The Morgan fingerprint density at radius 2 is 1.44 bits per heavy atom. The number of carbonyl (C=O) groups excluding carboxylic acids is 3. The standard InChI is InChI=1S/C30H39N5O4/c1-39-25-12-9-23(10-13-25)32-30(38)35-18-6-17-33(19-20-35)27-14-11-24(31-28(36)22-7-2-3-8-22)21-26(27)29(37)34-15-4-5-16-34/h9-14,21-22H,2-8,15-20H2,1H3,(H,31,36)(H,32,38). The molecule has 0 spiro atoms. The molecule has 2 aromatic carbocycles. The number of hydrogen-bond acceptors (Lipinski definition) is 5. The Morgan fingerprint density at radius 1 is 0.744 bits per heavy atom. The van der Waals surface area contributed by atoms with Crippen molar-refractivity contribution in [2.24, 2.45) is 5.92 Å². The van der Waals surface area contributed by atoms with Crippen molar-refractivity contribution in [1.29, 1.82) is 0 Å². The molecule has 2 heterocycles. The van der Waals surface area contributed by atoms with Gasteiger partial charge in [0.15, 0.2) is 0 Å². The lowest BCUT2D eigenvalue weighted by Gasteiger charge is -2.27. The van der Waals surface area contributed by atoms with Crippen LogP contribution in [0.3, 0.4) is 0 Å². The van der Waals surface area contributed by atoms with Gasteiger partial charge in [0, 0.05) is 62.2 Å². The van der Waals surface area contributed by atoms with Crippen molar-refractivity contribution in [3.05, 3.63) is 48.0 Å². The minimum atomic E-state index is -0.139. The predicted octanol–water partition coefficient (Wildman–Crippen LogP) is 4.80. The van der Waals surface area contributed by atoms with Gasteiger partial charge in [0.2, 0.25) is 5.91 Å². The zero-order valence-electron chi connectivity index (χ0n) is 22.8. The summed E-state index contributed by atoms with van der Waals surface area (Å²) in [6.07, 6.45) is 6.87. The third-order valence-corrected chi connectivity index (χ3v) is 8.08. The third-order valence-electron chi connectivity index (χ3n) is 8.08. The highest BCUT2D eigenvalue weighted by Gasteiger charge is 2.28. The summed E-state index contributed by atoms with van der Waals surface area (Å²) in [7, 11) is 1.61. The lowest BCUT2D eigenvalue weighted by Crippen LogP contribution is -2.38. The number of benzene rings is 2. The molecule has 4 amide bonds. The van der Waals surface area contributed by atoms with Crippen molar-refractivity contribution in [1.82, 2.24) is 9.80 Å². The highest BCUT2D eigenvalue weighted by molar-refractivity contribution is 6.02. The number of ether oxygens (including phenoxy) is 1. The molecule has 1 aliphatic carbocycles. The van der Waals surface area contributed by atoms with Gasteiger partial charge in [-0.1, -0.05) is 12.8 Å². The highest BCUT2D eigenvalue weighted by atomic mass is 16.5. The zero-order valence-corrected chi connectivity index (χ0v) is 22.8. The van der Waals surface area contributed by atoms with Crippen molar-refractivity contribution in [3.63, 3.8) is 0 Å². The quantitative estimate of drug-likeness (QED) is 0.556. The zero-order chi connectivity index (χ0) is 27.2. The number of methoxy groups -OCH3 is 1. The number of nitrogens with one attached hydrogen (secondary N) is 2. The molecule has 9 heteroatoms. The summed E-state index contributed by atoms with van der Waals surface area (Å²) in [5.74, 6) is 0.857. The van der Waals surface area contributed by atoms with Crippen molar-refractivity contribution in [2.75, 3.05) is 61.9 Å². The molecule has 0 atom stereocenters. The fourth-order valence-electron chi connectivity index (χ4n) is 5.82. The van der Waals surface area contributed by atoms with Crippen LogP contribution in [0.2, 0.25) is 0 Å². The van der Waals surface area contributed by atoms with E-state index >= 15 is 0 Å². The van der Waals surface area contributed by atoms with Gasteiger partial charge in [-0.15, -0.1) is 0 Å². The molecule has 0 bridgehead atoms. The van der Waals surface area contributed by atoms with E-state index in [1.165, 1.54) is 0 Å². The molecule has 208 valence electrons. The number of likely N-dealkylation sites (tertiary alicyclic amines) is 1. The van der Waals surface area contributed by atoms with Gasteiger partial charge in [-0.05, 0) is 74.6 Å². The van der Waals surface area contributed by atoms with E-state index in [0.717, 1.165) is 81.7 Å². The minimum absolute atomic E-state index is 0.0119. The van der Waals surface area contributed by atoms with Crippen molar-refractivity contribution in [2.45, 2.75) is 44.9 Å². The van der Waals surface area contributed by atoms with Gasteiger partial charge in [-0.2, -0.15) is 0 Å². The Hall–Kier alpha value is -3.75. The second-order valence-corrected chi connectivity index (χ2v) is 10.7. The lowest BCUT2D eigenvalue weighted by molar-refractivity contribution is -0.119. The largest absolute Gasteiger partial charge is 0.497 e. The van der Waals surface area contributed by atoms with Gasteiger partial charge in [-0.3, -0.25) is 9.59 Å². The number of carbonyl (C=O) groups is 3. The van der Waals surface area contributed by atoms with Gasteiger partial charge in [-0.25, -0.2) is 4.79 Å². The van der Waals surface area contributed by atoms with Gasteiger partial charge in [0.1, 0.15) is 5.75 Å². The summed E-state index contributed by atoms with van der Waals surface area (Å²) in [6, 6.07) is 12.9. The van der Waals surface area contributed by atoms with Gasteiger partial charge < -0.3 is 30.1 Å². The highest BCUT2D eigenvalue weighted by Crippen LogP contribution is 2.30. The molecule has 5 rings (SSSR count). The molecule has 9 nitrogen and oxygen atoms in total. The summed E-state index contributed by atoms with van der Waals surface area (Å²) < 4.78 is 5.19. The summed E-state index contributed by atoms with van der Waals surface area (Å²) in [4.78, 5) is 45.3. The number of nitrogens with zero attached hydrogens (tertiary/aromatic N) is 3. The van der Waals surface area contributed by atoms with Crippen LogP contribution in [0.4, 0.5) is 21.9 Å². The maximum Gasteiger partial charge on any atom is 0.321 e. The average Bonchev–Trinajstić information content (AvgIpc) is 3.65. The fraction of sp³-hybridized carbons (Fsp3) is 0.500. The molecule has 2 N–H and O–H groups in total. The summed E-state index contributed by atoms with van der Waals surface area (Å²) in [6.45, 7) is 4.04. The Morgan fingerprint density at radius 3 is 2.15 bits per heavy atom. The van der Waals surface area contributed by atoms with Crippen LogP contribution in [0.25, 0.3) is 0 Å². The average molecular weight is 534 g/mol. The van der Waals surface area contributed by atoms with E-state index in [4.69, 9.17) is 4.74 Å². The number of anilines is 3. The Bertz CT molecular complexity index is 1170. The van der Waals surface area contributed by atoms with E-state index in [1.807, 2.05) is 52.3 Å². The molecule has 1 saturated carbocycles. The summed E-state index contributed by atoms with van der Waals surface area (Å²) >= 11 is 0. The second-order valence-electron chi connectivity index (χ2n) is 10.7. The second kappa shape index (κ2) is 12.4. The van der Waals surface area contributed by atoms with Crippen LogP contribution >= 0.6 is 0 Å². The van der Waals surface area contributed by atoms with Crippen molar-refractivity contribution >= 4 is 34.9 Å². The SMILES string of the molecule is COc1ccc(NC(=O)N2CCCN(c3ccc(NC(=O)C4CCCC4)cc3C(=O)N3CCCC3)CC2)cc1. The minimum Gasteiger partial charge on any atom is -0.497 e. The summed E-state index contributed by atoms with van der Waals surface area (Å²) in [5, 5.41) is 6.04. The molecule has 2 saturated heterocycles. The van der Waals surface area contributed by atoms with E-state index in [1.54, 1.807) is 7.11 Å². The van der Waals surface area contributed by atoms with E-state index in [0.29, 0.717) is 30.9 Å². The monoisotopic (exact) mass is 533 g/mol. The van der Waals surface area contributed by atoms with Crippen LogP contribution in [0.1, 0.15) is 55.3 Å². The molecule has 39 heavy (non-hydrogen) atoms. The molecular weight excluding hydrogens is 494 g/mol. The summed E-state index contributed by atoms with van der Waals surface area (Å²) in [5.41, 5.74) is 2.88. The molecule has 2 aliphatic heterocycles. The first-order valence-electron chi connectivity index (χ1n) is 14.2. The van der Waals surface area contributed by atoms with Crippen LogP contribution in [-0.4, -0.2) is 74.0 Å². The number of hydrogen-bond donors (Lipinski definition) is 2. The number of amides is 4. The van der Waals surface area contributed by atoms with Crippen molar-refractivity contribution < 1.29 is 19.1 Å². The molecular formula is C30H39N5O4. The molecule has 3 fully saturated rings. The van der Waals surface area contributed by atoms with E-state index in [2.05, 4.69) is 15.5 Å². The van der Waals surface area contributed by atoms with Crippen LogP contribution in [0, 0.1) is 5.92 Å². The molecule has 0 aromatic heterocycles. The van der Waals surface area contributed by atoms with Crippen LogP contribution in [0.15, 0.2) is 42.5 Å². The van der Waals surface area contributed by atoms with Crippen LogP contribution in [-0.2, 0) is 4.79 Å². The number of urea groups is 1. The lowest BCUT2D eigenvalue weighted by atomic mass is 10.1. The van der Waals surface area contributed by atoms with E-state index in [-0.39, 0.29) is 23.8 Å². The Labute approximate surface area is 230 Å². The van der Waals surface area contributed by atoms with E-state index in [9.17, 15) is 14.4 Å². The predicted molar refractivity (Wildman–Crippen MR) is 153 cm³/mol. The van der Waals surface area contributed by atoms with Gasteiger partial charge in [0.25, 0.3) is 5.91 Å². The van der Waals surface area contributed by atoms with Crippen LogP contribution in [0.5, 0.6) is 5.75 Å². The molecule has 0 radical (unpaired) electrons. The smallest absolute Gasteiger partial charge is 0.321 e. The first-order valence-corrected chi connectivity index (χ1v) is 14.2. The van der Waals surface area contributed by atoms with Gasteiger partial charge in [0.05, 0.1) is 12.7 Å². The fourth-order valence-corrected chi connectivity index (χ4v) is 5.82. The first-order chi connectivity index (χ1) is 19.0. The Kier molecular flexibility index (Phi) is 8.54. The first kappa shape index (κ1) is 26.8. The Balaban J connectivity index is 1.29. The maximum atomic E-state index is 13.6. The van der Waals surface area contributed by atoms with E-state index < -0.39 is 0 Å². The third kappa shape index (κ3) is 6.46. The normalized spacial score (nSPS) is 18.1. The maximum absolute atomic E-state index is 13.6. The van der Waals surface area contributed by atoms with Crippen LogP contribution < -0.4 is 20.3 Å².